The third-order valence-electron chi connectivity index (χ3n) is 2.27. The van der Waals surface area contributed by atoms with Gasteiger partial charge in [0.25, 0.3) is 0 Å². The lowest BCUT2D eigenvalue weighted by molar-refractivity contribution is 0.185. The van der Waals surface area contributed by atoms with E-state index in [-0.39, 0.29) is 11.8 Å². The number of ether oxygens (including phenoxy) is 1. The second-order valence-electron chi connectivity index (χ2n) is 4.23. The molecule has 0 amide bonds. The van der Waals surface area contributed by atoms with Crippen LogP contribution in [-0.4, -0.2) is 33.6 Å². The van der Waals surface area contributed by atoms with Gasteiger partial charge in [0.2, 0.25) is 0 Å². The highest BCUT2D eigenvalue weighted by atomic mass is 32.2. The molecule has 0 fully saturated rings. The van der Waals surface area contributed by atoms with E-state index >= 15 is 0 Å². The van der Waals surface area contributed by atoms with Gasteiger partial charge in [-0.15, -0.1) is 0 Å². The largest absolute Gasteiger partial charge is 0.381 e. The Hall–Kier alpha value is -1.07. The molecule has 1 rings (SSSR count). The van der Waals surface area contributed by atoms with E-state index in [1.807, 2.05) is 31.2 Å². The zero-order valence-corrected chi connectivity index (χ0v) is 11.3. The van der Waals surface area contributed by atoms with Crippen LogP contribution < -0.4 is 5.32 Å². The molecule has 1 atom stereocenters. The minimum atomic E-state index is -2.96. The summed E-state index contributed by atoms with van der Waals surface area (Å²) in [4.78, 5) is 0. The van der Waals surface area contributed by atoms with E-state index in [4.69, 9.17) is 4.74 Å². The van der Waals surface area contributed by atoms with Crippen molar-refractivity contribution in [1.29, 1.82) is 0 Å². The summed E-state index contributed by atoms with van der Waals surface area (Å²) in [6.07, 6.45) is 1.24. The van der Waals surface area contributed by atoms with Crippen LogP contribution in [0.15, 0.2) is 24.3 Å². The molecule has 96 valence electrons. The maximum Gasteiger partial charge on any atom is 0.149 e. The van der Waals surface area contributed by atoms with Crippen molar-refractivity contribution in [3.8, 4) is 0 Å². The maximum atomic E-state index is 11.2. The van der Waals surface area contributed by atoms with E-state index in [1.165, 1.54) is 6.26 Å². The highest BCUT2D eigenvalue weighted by Gasteiger charge is 2.11. The first-order valence-electron chi connectivity index (χ1n) is 5.43. The first-order valence-corrected chi connectivity index (χ1v) is 7.49. The average Bonchev–Trinajstić information content (AvgIpc) is 2.18. The highest BCUT2D eigenvalue weighted by Crippen LogP contribution is 2.17. The van der Waals surface area contributed by atoms with Crippen LogP contribution in [0.1, 0.15) is 12.5 Å². The molecule has 0 saturated carbocycles. The number of methoxy groups -OCH3 is 1. The van der Waals surface area contributed by atoms with Gasteiger partial charge in [-0.3, -0.25) is 0 Å². The van der Waals surface area contributed by atoms with E-state index in [0.29, 0.717) is 6.61 Å². The molecule has 1 unspecified atom stereocenters. The molecule has 4 nitrogen and oxygen atoms in total. The van der Waals surface area contributed by atoms with Crippen molar-refractivity contribution in [1.82, 2.24) is 0 Å². The molecular weight excluding hydrogens is 238 g/mol. The third kappa shape index (κ3) is 5.19. The summed E-state index contributed by atoms with van der Waals surface area (Å²) in [5.74, 6) is 0.119. The van der Waals surface area contributed by atoms with Crippen molar-refractivity contribution < 1.29 is 13.2 Å². The summed E-state index contributed by atoms with van der Waals surface area (Å²) in [5.41, 5.74) is 1.95. The number of rotatable bonds is 6. The lowest BCUT2D eigenvalue weighted by Crippen LogP contribution is -2.25. The second-order valence-corrected chi connectivity index (χ2v) is 6.41. The average molecular weight is 257 g/mol. The lowest BCUT2D eigenvalue weighted by Gasteiger charge is -2.17. The molecule has 0 radical (unpaired) electrons. The number of hydrogen-bond donors (Lipinski definition) is 1. The van der Waals surface area contributed by atoms with Crippen molar-refractivity contribution in [3.63, 3.8) is 0 Å². The summed E-state index contributed by atoms with van der Waals surface area (Å²) < 4.78 is 27.4. The number of anilines is 1. The van der Waals surface area contributed by atoms with E-state index in [0.717, 1.165) is 11.3 Å². The van der Waals surface area contributed by atoms with Crippen LogP contribution >= 0.6 is 0 Å². The summed E-state index contributed by atoms with van der Waals surface area (Å²) in [6.45, 7) is 2.36. The fraction of sp³-hybridized carbons (Fsp3) is 0.500. The highest BCUT2D eigenvalue weighted by molar-refractivity contribution is 7.90. The predicted molar refractivity (Wildman–Crippen MR) is 70.0 cm³/mol. The summed E-state index contributed by atoms with van der Waals surface area (Å²) >= 11 is 0. The summed E-state index contributed by atoms with van der Waals surface area (Å²) in [5, 5.41) is 3.19. The Labute approximate surface area is 103 Å². The van der Waals surface area contributed by atoms with E-state index in [9.17, 15) is 8.42 Å². The zero-order valence-electron chi connectivity index (χ0n) is 10.4. The minimum Gasteiger partial charge on any atom is -0.381 e. The maximum absolute atomic E-state index is 11.2. The molecule has 0 aromatic heterocycles. The number of nitrogens with one attached hydrogen (secondary N) is 1. The van der Waals surface area contributed by atoms with Gasteiger partial charge < -0.3 is 10.1 Å². The molecule has 17 heavy (non-hydrogen) atoms. The Morgan fingerprint density at radius 3 is 2.59 bits per heavy atom. The Kier molecular flexibility index (Phi) is 4.96. The van der Waals surface area contributed by atoms with Gasteiger partial charge in [0.15, 0.2) is 0 Å². The normalized spacial score (nSPS) is 13.4. The van der Waals surface area contributed by atoms with Gasteiger partial charge >= 0.3 is 0 Å². The van der Waals surface area contributed by atoms with Gasteiger partial charge in [0, 0.05) is 30.7 Å². The van der Waals surface area contributed by atoms with E-state index in [2.05, 4.69) is 5.32 Å². The molecule has 0 spiro atoms. The van der Waals surface area contributed by atoms with Crippen LogP contribution in [0.3, 0.4) is 0 Å². The molecule has 1 N–H and O–H groups in total. The number of hydrogen-bond acceptors (Lipinski definition) is 4. The molecular formula is C12H19NO3S. The van der Waals surface area contributed by atoms with Crippen LogP contribution in [0.4, 0.5) is 5.69 Å². The second kappa shape index (κ2) is 6.02. The molecule has 0 saturated heterocycles. The smallest absolute Gasteiger partial charge is 0.149 e. The van der Waals surface area contributed by atoms with Crippen LogP contribution in [0.2, 0.25) is 0 Å². The van der Waals surface area contributed by atoms with Crippen LogP contribution in [0.5, 0.6) is 0 Å². The monoisotopic (exact) mass is 257 g/mol. The van der Waals surface area contributed by atoms with Gasteiger partial charge in [-0.05, 0) is 13.0 Å². The fourth-order valence-electron chi connectivity index (χ4n) is 1.70. The Bertz CT molecular complexity index is 457. The topological polar surface area (TPSA) is 55.4 Å². The molecule has 1 aromatic carbocycles. The first kappa shape index (κ1) is 14.0. The van der Waals surface area contributed by atoms with Gasteiger partial charge in [-0.1, -0.05) is 18.2 Å². The Morgan fingerprint density at radius 2 is 2.00 bits per heavy atom. The van der Waals surface area contributed by atoms with Gasteiger partial charge in [0.05, 0.1) is 12.4 Å². The minimum absolute atomic E-state index is 0.119. The Morgan fingerprint density at radius 1 is 1.35 bits per heavy atom. The van der Waals surface area contributed by atoms with Crippen molar-refractivity contribution in [2.45, 2.75) is 19.6 Å². The SMILES string of the molecule is COCc1ccccc1NC(C)CS(C)(=O)=O. The fourth-order valence-corrected chi connectivity index (χ4v) is 2.70. The van der Waals surface area contributed by atoms with Crippen LogP contribution in [-0.2, 0) is 21.2 Å². The quantitative estimate of drug-likeness (QED) is 0.842. The van der Waals surface area contributed by atoms with E-state index < -0.39 is 9.84 Å². The van der Waals surface area contributed by atoms with E-state index in [1.54, 1.807) is 7.11 Å². The predicted octanol–water partition coefficient (Wildman–Crippen LogP) is 1.68. The van der Waals surface area contributed by atoms with Crippen molar-refractivity contribution >= 4 is 15.5 Å². The molecule has 0 heterocycles. The summed E-state index contributed by atoms with van der Waals surface area (Å²) in [6, 6.07) is 7.60. The van der Waals surface area contributed by atoms with Gasteiger partial charge in [-0.25, -0.2) is 8.42 Å². The first-order chi connectivity index (χ1) is 7.92. The molecule has 5 heteroatoms. The lowest BCUT2D eigenvalue weighted by atomic mass is 10.2. The van der Waals surface area contributed by atoms with Crippen molar-refractivity contribution in [2.75, 3.05) is 24.4 Å². The van der Waals surface area contributed by atoms with Crippen LogP contribution in [0, 0.1) is 0 Å². The van der Waals surface area contributed by atoms with Gasteiger partial charge in [0.1, 0.15) is 9.84 Å². The molecule has 0 aliphatic rings. The van der Waals surface area contributed by atoms with Crippen molar-refractivity contribution in [3.05, 3.63) is 29.8 Å². The third-order valence-corrected chi connectivity index (χ3v) is 3.38. The number of sulfone groups is 1. The molecule has 0 aliphatic carbocycles. The zero-order chi connectivity index (χ0) is 12.9. The van der Waals surface area contributed by atoms with Crippen molar-refractivity contribution in [2.24, 2.45) is 0 Å². The van der Waals surface area contributed by atoms with Gasteiger partial charge in [-0.2, -0.15) is 0 Å². The van der Waals surface area contributed by atoms with Crippen LogP contribution in [0.25, 0.3) is 0 Å². The molecule has 1 aromatic rings. The molecule has 0 bridgehead atoms. The number of benzene rings is 1. The summed E-state index contributed by atoms with van der Waals surface area (Å²) in [7, 11) is -1.33. The number of para-hydroxylation sites is 1. The Balaban J connectivity index is 2.73. The molecule has 0 aliphatic heterocycles. The standard InChI is InChI=1S/C12H19NO3S/c1-10(9-17(3,14)15)13-12-7-5-4-6-11(12)8-16-2/h4-7,10,13H,8-9H2,1-3H3.